The number of carbonyl (C=O) groups is 3. The van der Waals surface area contributed by atoms with E-state index in [-0.39, 0.29) is 24.5 Å². The van der Waals surface area contributed by atoms with Crippen molar-refractivity contribution in [2.45, 2.75) is 46.3 Å². The van der Waals surface area contributed by atoms with Gasteiger partial charge in [0, 0.05) is 0 Å². The SMILES string of the molecule is C[C@@H](C(=O)N1C(=O)OC[C@@H]1C(C)(C)C)[C@@H](c1ccccc1)N(Cc1ccccc1)OC(=O)c1ccccc1. The molecule has 7 nitrogen and oxygen atoms in total. The van der Waals surface area contributed by atoms with Gasteiger partial charge in [0.1, 0.15) is 6.61 Å². The van der Waals surface area contributed by atoms with E-state index in [1.165, 1.54) is 4.90 Å². The molecular weight excluding hydrogens is 480 g/mol. The first-order valence-electron chi connectivity index (χ1n) is 12.8. The van der Waals surface area contributed by atoms with Crippen molar-refractivity contribution in [2.75, 3.05) is 6.61 Å². The molecule has 7 heteroatoms. The van der Waals surface area contributed by atoms with Crippen LogP contribution < -0.4 is 0 Å². The molecular formula is C31H34N2O5. The van der Waals surface area contributed by atoms with Gasteiger partial charge in [-0.25, -0.2) is 14.5 Å². The number of imide groups is 1. The van der Waals surface area contributed by atoms with Crippen LogP contribution in [0.5, 0.6) is 0 Å². The Bertz CT molecular complexity index is 1240. The van der Waals surface area contributed by atoms with E-state index in [1.807, 2.05) is 87.5 Å². The van der Waals surface area contributed by atoms with Gasteiger partial charge in [-0.2, -0.15) is 0 Å². The average molecular weight is 515 g/mol. The van der Waals surface area contributed by atoms with Gasteiger partial charge in [0.05, 0.1) is 30.1 Å². The number of carbonyl (C=O) groups excluding carboxylic acids is 3. The zero-order valence-electron chi connectivity index (χ0n) is 22.2. The molecule has 1 fully saturated rings. The van der Waals surface area contributed by atoms with E-state index in [0.717, 1.165) is 11.1 Å². The lowest BCUT2D eigenvalue weighted by Crippen LogP contribution is -2.50. The molecule has 0 saturated carbocycles. The summed E-state index contributed by atoms with van der Waals surface area (Å²) in [7, 11) is 0. The van der Waals surface area contributed by atoms with Crippen molar-refractivity contribution >= 4 is 18.0 Å². The Morgan fingerprint density at radius 1 is 0.947 bits per heavy atom. The Kier molecular flexibility index (Phi) is 8.27. The second-order valence-corrected chi connectivity index (χ2v) is 10.6. The third-order valence-corrected chi connectivity index (χ3v) is 6.82. The molecule has 1 aliphatic heterocycles. The van der Waals surface area contributed by atoms with Gasteiger partial charge in [-0.15, -0.1) is 5.06 Å². The van der Waals surface area contributed by atoms with Gasteiger partial charge in [-0.3, -0.25) is 4.79 Å². The molecule has 3 aromatic rings. The van der Waals surface area contributed by atoms with E-state index in [9.17, 15) is 14.4 Å². The maximum atomic E-state index is 14.0. The van der Waals surface area contributed by atoms with Crippen LogP contribution in [-0.4, -0.2) is 40.6 Å². The highest BCUT2D eigenvalue weighted by Gasteiger charge is 2.47. The van der Waals surface area contributed by atoms with Crippen molar-refractivity contribution in [1.82, 2.24) is 9.96 Å². The summed E-state index contributed by atoms with van der Waals surface area (Å²) in [6.07, 6.45) is -0.649. The first-order valence-corrected chi connectivity index (χ1v) is 12.8. The molecule has 0 aromatic heterocycles. The summed E-state index contributed by atoms with van der Waals surface area (Å²) in [5, 5.41) is 1.55. The van der Waals surface area contributed by atoms with E-state index >= 15 is 0 Å². The number of ether oxygens (including phenoxy) is 1. The predicted molar refractivity (Wildman–Crippen MR) is 144 cm³/mol. The minimum absolute atomic E-state index is 0.146. The molecule has 0 aliphatic carbocycles. The summed E-state index contributed by atoms with van der Waals surface area (Å²) in [5.41, 5.74) is 1.71. The smallest absolute Gasteiger partial charge is 0.417 e. The number of benzene rings is 3. The Morgan fingerprint density at radius 3 is 2.08 bits per heavy atom. The lowest BCUT2D eigenvalue weighted by atomic mass is 9.85. The monoisotopic (exact) mass is 514 g/mol. The molecule has 0 radical (unpaired) electrons. The Balaban J connectivity index is 1.74. The second-order valence-electron chi connectivity index (χ2n) is 10.6. The quantitative estimate of drug-likeness (QED) is 0.342. The summed E-state index contributed by atoms with van der Waals surface area (Å²) in [5.74, 6) is -1.66. The lowest BCUT2D eigenvalue weighted by Gasteiger charge is -2.37. The van der Waals surface area contributed by atoms with Crippen LogP contribution >= 0.6 is 0 Å². The maximum absolute atomic E-state index is 14.0. The first kappa shape index (κ1) is 27.1. The summed E-state index contributed by atoms with van der Waals surface area (Å²) in [6, 6.07) is 26.7. The van der Waals surface area contributed by atoms with Crippen molar-refractivity contribution in [3.8, 4) is 0 Å². The minimum atomic E-state index is -0.750. The van der Waals surface area contributed by atoms with Crippen molar-refractivity contribution in [1.29, 1.82) is 0 Å². The molecule has 1 aliphatic rings. The third-order valence-electron chi connectivity index (χ3n) is 6.82. The van der Waals surface area contributed by atoms with Gasteiger partial charge in [0.25, 0.3) is 0 Å². The lowest BCUT2D eigenvalue weighted by molar-refractivity contribution is -0.169. The summed E-state index contributed by atoms with van der Waals surface area (Å²) in [6.45, 7) is 8.07. The largest absolute Gasteiger partial charge is 0.447 e. The Morgan fingerprint density at radius 2 is 1.50 bits per heavy atom. The first-order chi connectivity index (χ1) is 18.2. The van der Waals surface area contributed by atoms with E-state index in [0.29, 0.717) is 5.56 Å². The molecule has 2 amide bonds. The molecule has 1 heterocycles. The molecule has 0 unspecified atom stereocenters. The van der Waals surface area contributed by atoms with Crippen LogP contribution in [0.1, 0.15) is 55.2 Å². The van der Waals surface area contributed by atoms with Crippen molar-refractivity contribution in [2.24, 2.45) is 11.3 Å². The second kappa shape index (κ2) is 11.6. The van der Waals surface area contributed by atoms with Crippen LogP contribution in [0.2, 0.25) is 0 Å². The summed E-state index contributed by atoms with van der Waals surface area (Å²) in [4.78, 5) is 47.2. The van der Waals surface area contributed by atoms with Crippen LogP contribution in [-0.2, 0) is 20.9 Å². The standard InChI is InChI=1S/C31H34N2O5/c1-22(28(34)33-26(31(2,3)4)21-37-30(33)36)27(24-16-10-6-11-17-24)32(20-23-14-8-5-9-15-23)38-29(35)25-18-12-7-13-19-25/h5-19,22,26-27H,20-21H2,1-4H3/t22-,26-,27+/m1/s1. The van der Waals surface area contributed by atoms with Gasteiger partial charge in [-0.1, -0.05) is 107 Å². The minimum Gasteiger partial charge on any atom is -0.447 e. The van der Waals surface area contributed by atoms with E-state index in [1.54, 1.807) is 36.3 Å². The van der Waals surface area contributed by atoms with E-state index in [2.05, 4.69) is 0 Å². The summed E-state index contributed by atoms with van der Waals surface area (Å²) < 4.78 is 5.31. The molecule has 0 bridgehead atoms. The zero-order valence-corrected chi connectivity index (χ0v) is 22.2. The van der Waals surface area contributed by atoms with Crippen LogP contribution in [0, 0.1) is 11.3 Å². The van der Waals surface area contributed by atoms with Gasteiger partial charge in [-0.05, 0) is 28.7 Å². The number of cyclic esters (lactones) is 1. The van der Waals surface area contributed by atoms with Crippen LogP contribution in [0.15, 0.2) is 91.0 Å². The van der Waals surface area contributed by atoms with Crippen molar-refractivity contribution in [3.05, 3.63) is 108 Å². The fraction of sp³-hybridized carbons (Fsp3) is 0.323. The van der Waals surface area contributed by atoms with Crippen LogP contribution in [0.4, 0.5) is 4.79 Å². The molecule has 0 spiro atoms. The molecule has 38 heavy (non-hydrogen) atoms. The Hall–Kier alpha value is -3.97. The van der Waals surface area contributed by atoms with Crippen LogP contribution in [0.3, 0.4) is 0 Å². The van der Waals surface area contributed by atoms with Crippen LogP contribution in [0.25, 0.3) is 0 Å². The highest BCUT2D eigenvalue weighted by Crippen LogP contribution is 2.36. The number of rotatable bonds is 8. The van der Waals surface area contributed by atoms with Gasteiger partial charge < -0.3 is 9.57 Å². The fourth-order valence-electron chi connectivity index (χ4n) is 4.70. The molecule has 3 atom stereocenters. The molecule has 1 saturated heterocycles. The molecule has 3 aromatic carbocycles. The average Bonchev–Trinajstić information content (AvgIpc) is 3.32. The topological polar surface area (TPSA) is 76.2 Å². The number of hydroxylamine groups is 2. The van der Waals surface area contributed by atoms with Gasteiger partial charge in [0.15, 0.2) is 0 Å². The maximum Gasteiger partial charge on any atom is 0.417 e. The number of nitrogens with zero attached hydrogens (tertiary/aromatic N) is 2. The molecule has 4 rings (SSSR count). The van der Waals surface area contributed by atoms with Gasteiger partial charge in [0.2, 0.25) is 5.91 Å². The fourth-order valence-corrected chi connectivity index (χ4v) is 4.70. The number of hydrogen-bond acceptors (Lipinski definition) is 6. The highest BCUT2D eigenvalue weighted by atomic mass is 16.7. The van der Waals surface area contributed by atoms with E-state index < -0.39 is 30.1 Å². The predicted octanol–water partition coefficient (Wildman–Crippen LogP) is 6.03. The number of amides is 2. The molecule has 198 valence electrons. The van der Waals surface area contributed by atoms with Crippen molar-refractivity contribution < 1.29 is 24.0 Å². The molecule has 0 N–H and O–H groups in total. The highest BCUT2D eigenvalue weighted by molar-refractivity contribution is 5.95. The van der Waals surface area contributed by atoms with E-state index in [4.69, 9.17) is 9.57 Å². The Labute approximate surface area is 223 Å². The third kappa shape index (κ3) is 6.11. The summed E-state index contributed by atoms with van der Waals surface area (Å²) >= 11 is 0. The number of hydrogen-bond donors (Lipinski definition) is 0. The zero-order chi connectivity index (χ0) is 27.3. The normalized spacial score (nSPS) is 17.1. The van der Waals surface area contributed by atoms with Crippen molar-refractivity contribution in [3.63, 3.8) is 0 Å². The van der Waals surface area contributed by atoms with Gasteiger partial charge >= 0.3 is 12.1 Å².